The van der Waals surface area contributed by atoms with E-state index in [9.17, 15) is 0 Å². The van der Waals surface area contributed by atoms with Crippen molar-refractivity contribution in [2.24, 2.45) is 5.41 Å². The highest BCUT2D eigenvalue weighted by Gasteiger charge is 2.30. The molecule has 1 nitrogen and oxygen atoms in total. The van der Waals surface area contributed by atoms with E-state index in [-0.39, 0.29) is 5.41 Å². The molecule has 2 heteroatoms. The van der Waals surface area contributed by atoms with Gasteiger partial charge in [-0.25, -0.2) is 4.98 Å². The second kappa shape index (κ2) is 3.31. The number of aryl methyl sites for hydroxylation is 1. The molecule has 0 spiro atoms. The van der Waals surface area contributed by atoms with E-state index in [2.05, 4.69) is 34.6 Å². The molecule has 0 aliphatic heterocycles. The SMILES string of the molecule is CC1(C)CCc2nc(C(C)(C)C)sc2C1. The molecule has 0 saturated heterocycles. The number of thiazole rings is 1. The predicted octanol–water partition coefficient (Wildman–Crippen LogP) is 3.96. The average molecular weight is 223 g/mol. The lowest BCUT2D eigenvalue weighted by Gasteiger charge is -2.28. The van der Waals surface area contributed by atoms with Crippen LogP contribution in [0.4, 0.5) is 0 Å². The van der Waals surface area contributed by atoms with Gasteiger partial charge in [0.25, 0.3) is 0 Å². The van der Waals surface area contributed by atoms with Gasteiger partial charge in [-0.05, 0) is 24.7 Å². The molecule has 2 rings (SSSR count). The van der Waals surface area contributed by atoms with Crippen molar-refractivity contribution in [2.75, 3.05) is 0 Å². The highest BCUT2D eigenvalue weighted by molar-refractivity contribution is 7.11. The highest BCUT2D eigenvalue weighted by atomic mass is 32.1. The Balaban J connectivity index is 2.34. The van der Waals surface area contributed by atoms with Crippen molar-refractivity contribution in [2.45, 2.75) is 59.3 Å². The minimum Gasteiger partial charge on any atom is -0.245 e. The highest BCUT2D eigenvalue weighted by Crippen LogP contribution is 2.39. The van der Waals surface area contributed by atoms with Crippen LogP contribution in [0.15, 0.2) is 0 Å². The molecule has 1 aliphatic carbocycles. The first-order valence-corrected chi connectivity index (χ1v) is 6.59. The lowest BCUT2D eigenvalue weighted by Crippen LogP contribution is -2.21. The number of fused-ring (bicyclic) bond motifs is 1. The van der Waals surface area contributed by atoms with Crippen LogP contribution in [0, 0.1) is 5.41 Å². The summed E-state index contributed by atoms with van der Waals surface area (Å²) in [5.74, 6) is 0. The lowest BCUT2D eigenvalue weighted by molar-refractivity contribution is 0.316. The van der Waals surface area contributed by atoms with Gasteiger partial charge in [0.1, 0.15) is 0 Å². The van der Waals surface area contributed by atoms with E-state index in [1.54, 1.807) is 0 Å². The van der Waals surface area contributed by atoms with Crippen LogP contribution in [0.3, 0.4) is 0 Å². The minimum atomic E-state index is 0.214. The maximum Gasteiger partial charge on any atom is 0.0984 e. The van der Waals surface area contributed by atoms with Crippen molar-refractivity contribution >= 4 is 11.3 Å². The molecule has 0 bridgehead atoms. The normalized spacial score (nSPS) is 20.1. The molecule has 0 amide bonds. The van der Waals surface area contributed by atoms with Crippen LogP contribution < -0.4 is 0 Å². The van der Waals surface area contributed by atoms with Gasteiger partial charge in [0, 0.05) is 10.3 Å². The maximum atomic E-state index is 4.81. The van der Waals surface area contributed by atoms with Crippen molar-refractivity contribution in [3.8, 4) is 0 Å². The fraction of sp³-hybridized carbons (Fsp3) is 0.769. The molecular weight excluding hydrogens is 202 g/mol. The third-order valence-electron chi connectivity index (χ3n) is 3.10. The summed E-state index contributed by atoms with van der Waals surface area (Å²) in [7, 11) is 0. The Morgan fingerprint density at radius 1 is 1.27 bits per heavy atom. The lowest BCUT2D eigenvalue weighted by atomic mass is 9.79. The Bertz CT molecular complexity index is 368. The summed E-state index contributed by atoms with van der Waals surface area (Å²) in [4.78, 5) is 6.34. The standard InChI is InChI=1S/C13H21NS/c1-12(2,3)11-14-9-6-7-13(4,5)8-10(9)15-11/h6-8H2,1-5H3. The zero-order valence-corrected chi connectivity index (χ0v) is 11.3. The first-order valence-electron chi connectivity index (χ1n) is 5.77. The number of nitrogens with zero attached hydrogens (tertiary/aromatic N) is 1. The quantitative estimate of drug-likeness (QED) is 0.649. The van der Waals surface area contributed by atoms with Crippen molar-refractivity contribution in [3.63, 3.8) is 0 Å². The van der Waals surface area contributed by atoms with Gasteiger partial charge < -0.3 is 0 Å². The van der Waals surface area contributed by atoms with E-state index in [4.69, 9.17) is 4.98 Å². The number of rotatable bonds is 0. The maximum absolute atomic E-state index is 4.81. The van der Waals surface area contributed by atoms with Crippen LogP contribution in [-0.4, -0.2) is 4.98 Å². The van der Waals surface area contributed by atoms with Gasteiger partial charge in [0.2, 0.25) is 0 Å². The third kappa shape index (κ3) is 2.25. The van der Waals surface area contributed by atoms with E-state index in [1.807, 2.05) is 11.3 Å². The first kappa shape index (κ1) is 11.1. The van der Waals surface area contributed by atoms with Crippen molar-refractivity contribution < 1.29 is 0 Å². The van der Waals surface area contributed by atoms with Gasteiger partial charge in [0.05, 0.1) is 10.7 Å². The van der Waals surface area contributed by atoms with E-state index < -0.39 is 0 Å². The van der Waals surface area contributed by atoms with Crippen LogP contribution in [0.1, 0.15) is 56.6 Å². The largest absolute Gasteiger partial charge is 0.245 e. The molecule has 0 atom stereocenters. The molecule has 1 heterocycles. The second-order valence-electron chi connectivity index (χ2n) is 6.48. The van der Waals surface area contributed by atoms with Crippen LogP contribution in [0.25, 0.3) is 0 Å². The topological polar surface area (TPSA) is 12.9 Å². The fourth-order valence-electron chi connectivity index (χ4n) is 2.02. The molecule has 0 radical (unpaired) electrons. The summed E-state index contributed by atoms with van der Waals surface area (Å²) < 4.78 is 0. The molecule has 84 valence electrons. The predicted molar refractivity (Wildman–Crippen MR) is 66.6 cm³/mol. The van der Waals surface area contributed by atoms with Gasteiger partial charge in [-0.2, -0.15) is 0 Å². The molecule has 0 aromatic carbocycles. The van der Waals surface area contributed by atoms with Crippen LogP contribution in [0.2, 0.25) is 0 Å². The summed E-state index contributed by atoms with van der Waals surface area (Å²) >= 11 is 1.93. The Kier molecular flexibility index (Phi) is 2.45. The van der Waals surface area contributed by atoms with Crippen molar-refractivity contribution in [3.05, 3.63) is 15.6 Å². The molecule has 0 fully saturated rings. The monoisotopic (exact) mass is 223 g/mol. The van der Waals surface area contributed by atoms with Gasteiger partial charge >= 0.3 is 0 Å². The van der Waals surface area contributed by atoms with E-state index in [1.165, 1.54) is 34.8 Å². The Hall–Kier alpha value is -0.370. The van der Waals surface area contributed by atoms with Crippen LogP contribution >= 0.6 is 11.3 Å². The van der Waals surface area contributed by atoms with E-state index in [0.29, 0.717) is 5.41 Å². The van der Waals surface area contributed by atoms with Gasteiger partial charge in [-0.15, -0.1) is 11.3 Å². The van der Waals surface area contributed by atoms with Crippen molar-refractivity contribution in [1.29, 1.82) is 0 Å². The van der Waals surface area contributed by atoms with Crippen molar-refractivity contribution in [1.82, 2.24) is 4.98 Å². The Morgan fingerprint density at radius 3 is 2.53 bits per heavy atom. The molecule has 1 aromatic rings. The Labute approximate surface area is 96.9 Å². The summed E-state index contributed by atoms with van der Waals surface area (Å²) in [6, 6.07) is 0. The first-order chi connectivity index (χ1) is 6.78. The second-order valence-corrected chi connectivity index (χ2v) is 7.56. The molecule has 0 N–H and O–H groups in total. The molecule has 0 saturated carbocycles. The number of aromatic nitrogens is 1. The zero-order chi connectivity index (χ0) is 11.3. The molecule has 15 heavy (non-hydrogen) atoms. The smallest absolute Gasteiger partial charge is 0.0984 e. The summed E-state index contributed by atoms with van der Waals surface area (Å²) in [6.07, 6.45) is 3.68. The fourth-order valence-corrected chi connectivity index (χ4v) is 3.44. The third-order valence-corrected chi connectivity index (χ3v) is 4.62. The van der Waals surface area contributed by atoms with Gasteiger partial charge in [-0.1, -0.05) is 34.6 Å². The Morgan fingerprint density at radius 2 is 1.93 bits per heavy atom. The van der Waals surface area contributed by atoms with Gasteiger partial charge in [0.15, 0.2) is 0 Å². The molecule has 0 unspecified atom stereocenters. The summed E-state index contributed by atoms with van der Waals surface area (Å²) in [5, 5.41) is 1.31. The van der Waals surface area contributed by atoms with E-state index >= 15 is 0 Å². The minimum absolute atomic E-state index is 0.214. The summed E-state index contributed by atoms with van der Waals surface area (Å²) in [5.41, 5.74) is 2.07. The summed E-state index contributed by atoms with van der Waals surface area (Å²) in [6.45, 7) is 11.5. The molecular formula is C13H21NS. The number of hydrogen-bond acceptors (Lipinski definition) is 2. The zero-order valence-electron chi connectivity index (χ0n) is 10.5. The molecule has 1 aliphatic rings. The van der Waals surface area contributed by atoms with E-state index in [0.717, 1.165) is 0 Å². The number of hydrogen-bond donors (Lipinski definition) is 0. The average Bonchev–Trinajstić information content (AvgIpc) is 2.43. The van der Waals surface area contributed by atoms with Crippen LogP contribution in [0.5, 0.6) is 0 Å². The van der Waals surface area contributed by atoms with Gasteiger partial charge in [-0.3, -0.25) is 0 Å². The molecule has 1 aromatic heterocycles. The van der Waals surface area contributed by atoms with Crippen LogP contribution in [-0.2, 0) is 18.3 Å².